The molecule has 1 amide bonds. The molecule has 0 bridgehead atoms. The molecule has 2 N–H and O–H groups in total. The van der Waals surface area contributed by atoms with Gasteiger partial charge in [-0.3, -0.25) is 13.6 Å². The van der Waals surface area contributed by atoms with Gasteiger partial charge in [0, 0.05) is 12.2 Å². The highest BCUT2D eigenvalue weighted by molar-refractivity contribution is 7.84. The Morgan fingerprint density at radius 1 is 1.17 bits per heavy atom. The summed E-state index contributed by atoms with van der Waals surface area (Å²) in [5.74, 6) is 0.400. The van der Waals surface area contributed by atoms with Gasteiger partial charge in [-0.15, -0.1) is 0 Å². The fourth-order valence-electron chi connectivity index (χ4n) is 2.92. The summed E-state index contributed by atoms with van der Waals surface area (Å²) in [6.07, 6.45) is 2.70. The topological polar surface area (TPSA) is 110 Å². The lowest BCUT2D eigenvalue weighted by atomic mass is 10.2. The highest BCUT2D eigenvalue weighted by Gasteiger charge is 2.19. The van der Waals surface area contributed by atoms with Crippen LogP contribution in [0, 0.1) is 0 Å². The highest BCUT2D eigenvalue weighted by Crippen LogP contribution is 2.20. The van der Waals surface area contributed by atoms with E-state index in [9.17, 15) is 13.8 Å². The summed E-state index contributed by atoms with van der Waals surface area (Å²) < 4.78 is 14.0. The van der Waals surface area contributed by atoms with Crippen molar-refractivity contribution in [2.45, 2.75) is 51.2 Å². The van der Waals surface area contributed by atoms with Crippen molar-refractivity contribution in [3.63, 3.8) is 0 Å². The number of carbonyl (C=O) groups excluding carboxylic acids is 1. The molecule has 0 saturated carbocycles. The average Bonchev–Trinajstić information content (AvgIpc) is 3.03. The number of unbranched alkanes of at least 4 members (excludes halogenated alkanes) is 1. The van der Waals surface area contributed by atoms with Gasteiger partial charge in [0.2, 0.25) is 11.1 Å². The molecule has 3 aromatic rings. The average molecular weight is 416 g/mol. The quantitative estimate of drug-likeness (QED) is 0.522. The van der Waals surface area contributed by atoms with Crippen LogP contribution in [-0.4, -0.2) is 35.4 Å². The number of H-pyrrole nitrogens is 1. The Labute approximate surface area is 171 Å². The van der Waals surface area contributed by atoms with E-state index in [-0.39, 0.29) is 22.6 Å². The Morgan fingerprint density at radius 3 is 2.62 bits per heavy atom. The number of hydrogen-bond acceptors (Lipinski definition) is 5. The Kier molecular flexibility index (Phi) is 6.92. The third kappa shape index (κ3) is 4.97. The number of aromatic nitrogens is 4. The summed E-state index contributed by atoms with van der Waals surface area (Å²) in [6.45, 7) is 4.23. The first-order valence-corrected chi connectivity index (χ1v) is 11.1. The van der Waals surface area contributed by atoms with Crippen LogP contribution in [0.1, 0.15) is 45.1 Å². The first kappa shape index (κ1) is 20.9. The second-order valence-corrected chi connectivity index (χ2v) is 8.22. The Morgan fingerprint density at radius 2 is 1.93 bits per heavy atom. The molecule has 0 saturated heterocycles. The number of hydrogen-bond donors (Lipinski definition) is 2. The molecule has 3 rings (SSSR count). The number of fused-ring (bicyclic) bond motifs is 1. The van der Waals surface area contributed by atoms with Crippen LogP contribution in [0.4, 0.5) is 5.82 Å². The smallest absolute Gasteiger partial charge is 0.309 e. The monoisotopic (exact) mass is 415 g/mol. The van der Waals surface area contributed by atoms with Crippen LogP contribution in [0.15, 0.2) is 40.3 Å². The minimum atomic E-state index is -1.42. The van der Waals surface area contributed by atoms with Crippen LogP contribution >= 0.6 is 0 Å². The molecule has 0 fully saturated rings. The fourth-order valence-corrected chi connectivity index (χ4v) is 3.86. The van der Waals surface area contributed by atoms with Gasteiger partial charge in [-0.2, -0.15) is 0 Å². The maximum absolute atomic E-state index is 12.6. The van der Waals surface area contributed by atoms with Gasteiger partial charge in [0.25, 0.3) is 0 Å². The maximum Gasteiger partial charge on any atom is 0.328 e. The molecule has 9 heteroatoms. The van der Waals surface area contributed by atoms with E-state index in [1.165, 1.54) is 4.57 Å². The minimum absolute atomic E-state index is 0.117. The number of aromatic amines is 1. The number of nitrogens with zero attached hydrogens (tertiary/aromatic N) is 3. The van der Waals surface area contributed by atoms with Gasteiger partial charge in [0.15, 0.2) is 11.5 Å². The number of benzene rings is 1. The fraction of sp³-hybridized carbons (Fsp3) is 0.400. The maximum atomic E-state index is 12.6. The molecule has 0 aliphatic heterocycles. The predicted octanol–water partition coefficient (Wildman–Crippen LogP) is 2.81. The number of imidazole rings is 1. The lowest BCUT2D eigenvalue weighted by molar-refractivity contribution is -0.116. The lowest BCUT2D eigenvalue weighted by Gasteiger charge is -2.09. The van der Waals surface area contributed by atoms with E-state index in [2.05, 4.69) is 20.3 Å². The number of nitrogens with one attached hydrogen (secondary N) is 2. The van der Waals surface area contributed by atoms with Gasteiger partial charge >= 0.3 is 5.69 Å². The summed E-state index contributed by atoms with van der Waals surface area (Å²) in [6, 6.07) is 9.52. The summed E-state index contributed by atoms with van der Waals surface area (Å²) in [5, 5.41) is 2.87. The van der Waals surface area contributed by atoms with Crippen LogP contribution in [0.2, 0.25) is 0 Å². The van der Waals surface area contributed by atoms with Gasteiger partial charge in [0.1, 0.15) is 5.52 Å². The number of anilines is 1. The number of carbonyl (C=O) groups is 1. The Balaban J connectivity index is 2.08. The van der Waals surface area contributed by atoms with E-state index in [1.54, 1.807) is 0 Å². The zero-order chi connectivity index (χ0) is 20.8. The SMILES string of the molecule is CCCCC(=O)Nc1nc(S(=O)CCC)nc2c1[nH]c(=O)n2Cc1ccccc1. The van der Waals surface area contributed by atoms with Crippen molar-refractivity contribution in [3.05, 3.63) is 46.4 Å². The molecular weight excluding hydrogens is 390 g/mol. The molecule has 2 aromatic heterocycles. The van der Waals surface area contributed by atoms with Crippen LogP contribution < -0.4 is 11.0 Å². The van der Waals surface area contributed by atoms with Crippen molar-refractivity contribution in [2.24, 2.45) is 0 Å². The van der Waals surface area contributed by atoms with E-state index < -0.39 is 10.8 Å². The molecular formula is C20H25N5O3S. The van der Waals surface area contributed by atoms with Crippen molar-refractivity contribution in [1.82, 2.24) is 19.5 Å². The largest absolute Gasteiger partial charge is 0.328 e. The first-order valence-electron chi connectivity index (χ1n) is 9.76. The number of rotatable bonds is 9. The number of amides is 1. The normalized spacial score (nSPS) is 12.2. The molecule has 0 spiro atoms. The molecule has 8 nitrogen and oxygen atoms in total. The van der Waals surface area contributed by atoms with Crippen LogP contribution in [0.25, 0.3) is 11.2 Å². The van der Waals surface area contributed by atoms with Crippen molar-refractivity contribution >= 4 is 33.7 Å². The van der Waals surface area contributed by atoms with Gasteiger partial charge in [0.05, 0.1) is 17.3 Å². The van der Waals surface area contributed by atoms with Gasteiger partial charge < -0.3 is 10.3 Å². The van der Waals surface area contributed by atoms with Crippen LogP contribution in [-0.2, 0) is 22.1 Å². The van der Waals surface area contributed by atoms with Gasteiger partial charge in [-0.1, -0.05) is 50.6 Å². The van der Waals surface area contributed by atoms with Crippen molar-refractivity contribution in [3.8, 4) is 0 Å². The molecule has 0 radical (unpaired) electrons. The molecule has 2 heterocycles. The molecule has 0 aliphatic rings. The third-order valence-corrected chi connectivity index (χ3v) is 5.76. The summed E-state index contributed by atoms with van der Waals surface area (Å²) >= 11 is 0. The van der Waals surface area contributed by atoms with E-state index in [1.807, 2.05) is 44.2 Å². The highest BCUT2D eigenvalue weighted by atomic mass is 32.2. The molecule has 29 heavy (non-hydrogen) atoms. The van der Waals surface area contributed by atoms with Gasteiger partial charge in [-0.25, -0.2) is 14.8 Å². The van der Waals surface area contributed by atoms with E-state index >= 15 is 0 Å². The molecule has 1 aromatic carbocycles. The van der Waals surface area contributed by atoms with Gasteiger partial charge in [-0.05, 0) is 18.4 Å². The Hall–Kier alpha value is -2.81. The second-order valence-electron chi connectivity index (χ2n) is 6.76. The summed E-state index contributed by atoms with van der Waals surface area (Å²) in [5.41, 5.74) is 1.24. The summed E-state index contributed by atoms with van der Waals surface area (Å²) in [7, 11) is -1.42. The molecule has 1 unspecified atom stereocenters. The van der Waals surface area contributed by atoms with Crippen molar-refractivity contribution < 1.29 is 9.00 Å². The molecule has 1 atom stereocenters. The third-order valence-electron chi connectivity index (χ3n) is 4.39. The zero-order valence-electron chi connectivity index (χ0n) is 16.6. The van der Waals surface area contributed by atoms with E-state index in [4.69, 9.17) is 0 Å². The standard InChI is InChI=1S/C20H25N5O3S/c1-3-5-11-15(26)21-17-16-18(24-19(23-17)29(28)12-4-2)25(20(27)22-16)13-14-9-7-6-8-10-14/h6-10H,3-5,11-13H2,1-2H3,(H,22,27)(H,21,23,24,26). The molecule has 154 valence electrons. The van der Waals surface area contributed by atoms with E-state index in [0.29, 0.717) is 36.3 Å². The Bertz CT molecular complexity index is 1070. The van der Waals surface area contributed by atoms with Crippen molar-refractivity contribution in [1.29, 1.82) is 0 Å². The van der Waals surface area contributed by atoms with Crippen LogP contribution in [0.3, 0.4) is 0 Å². The van der Waals surface area contributed by atoms with Crippen LogP contribution in [0.5, 0.6) is 0 Å². The molecule has 0 aliphatic carbocycles. The minimum Gasteiger partial charge on any atom is -0.309 e. The zero-order valence-corrected chi connectivity index (χ0v) is 17.4. The summed E-state index contributed by atoms with van der Waals surface area (Å²) in [4.78, 5) is 36.3. The second kappa shape index (κ2) is 9.60. The van der Waals surface area contributed by atoms with Crippen molar-refractivity contribution in [2.75, 3.05) is 11.1 Å². The lowest BCUT2D eigenvalue weighted by Crippen LogP contribution is -2.18. The predicted molar refractivity (Wildman–Crippen MR) is 113 cm³/mol. The van der Waals surface area contributed by atoms with E-state index in [0.717, 1.165) is 18.4 Å². The first-order chi connectivity index (χ1) is 14.0.